The van der Waals surface area contributed by atoms with Crippen LogP contribution in [0, 0.1) is 12.3 Å². The van der Waals surface area contributed by atoms with Gasteiger partial charge in [0.25, 0.3) is 5.91 Å². The molecule has 1 N–H and O–H groups in total. The normalized spacial score (nSPS) is 20.7. The molecule has 114 valence electrons. The second kappa shape index (κ2) is 5.88. The third kappa shape index (κ3) is 2.29. The number of aromatic nitrogens is 1. The third-order valence-electron chi connectivity index (χ3n) is 4.76. The summed E-state index contributed by atoms with van der Waals surface area (Å²) in [6.45, 7) is 4.25. The number of terminal acetylenes is 1. The monoisotopic (exact) mass is 294 g/mol. The van der Waals surface area contributed by atoms with Crippen LogP contribution in [0.15, 0.2) is 24.3 Å². The molecule has 1 aliphatic rings. The number of nitrogens with one attached hydrogen (secondary N) is 1. The lowest BCUT2D eigenvalue weighted by Crippen LogP contribution is -2.46. The summed E-state index contributed by atoms with van der Waals surface area (Å²) in [5.41, 5.74) is 3.63. The molecule has 0 saturated heterocycles. The second-order valence-corrected chi connectivity index (χ2v) is 6.10. The predicted molar refractivity (Wildman–Crippen MR) is 89.4 cm³/mol. The number of benzene rings is 1. The van der Waals surface area contributed by atoms with Crippen LogP contribution in [-0.4, -0.2) is 21.8 Å². The molecule has 1 amide bonds. The van der Waals surface area contributed by atoms with Gasteiger partial charge in [0.2, 0.25) is 0 Å². The van der Waals surface area contributed by atoms with Gasteiger partial charge < -0.3 is 9.88 Å². The minimum atomic E-state index is -0.196. The molecule has 0 unspecified atom stereocenters. The van der Waals surface area contributed by atoms with Crippen LogP contribution >= 0.6 is 0 Å². The molecule has 0 spiro atoms. The highest BCUT2D eigenvalue weighted by atomic mass is 16.2. The Balaban J connectivity index is 2.07. The zero-order valence-electron chi connectivity index (χ0n) is 13.2. The number of H-pyrrole nitrogens is 1. The smallest absolute Gasteiger partial charge is 0.299 e. The molecule has 0 aliphatic carbocycles. The summed E-state index contributed by atoms with van der Waals surface area (Å²) in [4.78, 5) is 17.6. The Labute approximate surface area is 131 Å². The number of fused-ring (bicyclic) bond motifs is 3. The first kappa shape index (κ1) is 14.7. The number of carbonyl (C=O) groups excluding carboxylic acids is 1. The van der Waals surface area contributed by atoms with Crippen LogP contribution in [0.5, 0.6) is 0 Å². The van der Waals surface area contributed by atoms with Crippen LogP contribution in [0.4, 0.5) is 0 Å². The van der Waals surface area contributed by atoms with Crippen molar-refractivity contribution >= 4 is 16.8 Å². The topological polar surface area (TPSA) is 36.1 Å². The number of carbonyl (C=O) groups is 1. The highest BCUT2D eigenvalue weighted by Gasteiger charge is 2.36. The molecule has 0 bridgehead atoms. The first-order valence-corrected chi connectivity index (χ1v) is 8.05. The van der Waals surface area contributed by atoms with Crippen LogP contribution < -0.4 is 0 Å². The maximum Gasteiger partial charge on any atom is 0.299 e. The molecule has 0 saturated carbocycles. The SMILES string of the molecule is C#CC(=O)N1[C@@H](CCCC)Cc2c([nH]c3ccccc23)[C@@H]1C. The Morgan fingerprint density at radius 3 is 2.95 bits per heavy atom. The van der Waals surface area contributed by atoms with Gasteiger partial charge in [-0.2, -0.15) is 0 Å². The molecular formula is C19H22N2O. The predicted octanol–water partition coefficient (Wildman–Crippen LogP) is 3.81. The maximum absolute atomic E-state index is 12.3. The molecule has 3 heteroatoms. The van der Waals surface area contributed by atoms with Crippen molar-refractivity contribution in [2.45, 2.75) is 51.6 Å². The zero-order valence-corrected chi connectivity index (χ0v) is 13.2. The Morgan fingerprint density at radius 1 is 1.45 bits per heavy atom. The fraction of sp³-hybridized carbons (Fsp3) is 0.421. The molecule has 1 aliphatic heterocycles. The molecule has 1 aromatic heterocycles. The van der Waals surface area contributed by atoms with Crippen molar-refractivity contribution in [2.75, 3.05) is 0 Å². The van der Waals surface area contributed by atoms with Gasteiger partial charge in [0, 0.05) is 22.6 Å². The van der Waals surface area contributed by atoms with E-state index in [4.69, 9.17) is 6.42 Å². The molecule has 3 rings (SSSR count). The van der Waals surface area contributed by atoms with E-state index >= 15 is 0 Å². The number of hydrogen-bond donors (Lipinski definition) is 1. The molecule has 1 aromatic carbocycles. The summed E-state index contributed by atoms with van der Waals surface area (Å²) in [5, 5.41) is 1.28. The lowest BCUT2D eigenvalue weighted by atomic mass is 9.89. The molecule has 2 heterocycles. The highest BCUT2D eigenvalue weighted by molar-refractivity contribution is 5.94. The van der Waals surface area contributed by atoms with Gasteiger partial charge in [-0.15, -0.1) is 6.42 Å². The van der Waals surface area contributed by atoms with Gasteiger partial charge in [0.15, 0.2) is 0 Å². The third-order valence-corrected chi connectivity index (χ3v) is 4.76. The van der Waals surface area contributed by atoms with Gasteiger partial charge in [-0.25, -0.2) is 0 Å². The molecular weight excluding hydrogens is 272 g/mol. The van der Waals surface area contributed by atoms with E-state index in [0.717, 1.165) is 36.9 Å². The van der Waals surface area contributed by atoms with Crippen LogP contribution in [0.1, 0.15) is 50.4 Å². The summed E-state index contributed by atoms with van der Waals surface area (Å²) in [6.07, 6.45) is 9.54. The summed E-state index contributed by atoms with van der Waals surface area (Å²) in [7, 11) is 0. The standard InChI is InChI=1S/C19H22N2O/c1-4-6-9-14-12-16-15-10-7-8-11-17(15)20-19(16)13(3)21(14)18(22)5-2/h2,7-8,10-11,13-14,20H,4,6,9,12H2,1,3H3/t13-,14-/m0/s1. The average Bonchev–Trinajstić information content (AvgIpc) is 2.91. The Morgan fingerprint density at radius 2 is 2.23 bits per heavy atom. The largest absolute Gasteiger partial charge is 0.356 e. The van der Waals surface area contributed by atoms with Crippen molar-refractivity contribution < 1.29 is 4.79 Å². The van der Waals surface area contributed by atoms with E-state index in [0.29, 0.717) is 0 Å². The lowest BCUT2D eigenvalue weighted by molar-refractivity contribution is -0.130. The number of amides is 1. The Hall–Kier alpha value is -2.21. The first-order valence-electron chi connectivity index (χ1n) is 8.05. The highest BCUT2D eigenvalue weighted by Crippen LogP contribution is 2.38. The maximum atomic E-state index is 12.3. The number of hydrogen-bond acceptors (Lipinski definition) is 1. The molecule has 0 radical (unpaired) electrons. The fourth-order valence-electron chi connectivity index (χ4n) is 3.68. The molecule has 0 fully saturated rings. The number of rotatable bonds is 3. The summed E-state index contributed by atoms with van der Waals surface area (Å²) in [5.74, 6) is 2.11. The average molecular weight is 294 g/mol. The summed E-state index contributed by atoms with van der Waals surface area (Å²) >= 11 is 0. The van der Waals surface area contributed by atoms with Crippen molar-refractivity contribution in [1.82, 2.24) is 9.88 Å². The zero-order chi connectivity index (χ0) is 15.7. The summed E-state index contributed by atoms with van der Waals surface area (Å²) < 4.78 is 0. The summed E-state index contributed by atoms with van der Waals surface area (Å²) in [6, 6.07) is 8.56. The minimum absolute atomic E-state index is 0.00144. The Kier molecular flexibility index (Phi) is 3.94. The number of nitrogens with zero attached hydrogens (tertiary/aromatic N) is 1. The lowest BCUT2D eigenvalue weighted by Gasteiger charge is -2.39. The quantitative estimate of drug-likeness (QED) is 0.859. The number of aromatic amines is 1. The van der Waals surface area contributed by atoms with Crippen molar-refractivity contribution in [1.29, 1.82) is 0 Å². The number of para-hydroxylation sites is 1. The van der Waals surface area contributed by atoms with Crippen molar-refractivity contribution in [3.05, 3.63) is 35.5 Å². The Bertz CT molecular complexity index is 737. The van der Waals surface area contributed by atoms with Crippen LogP contribution in [0.2, 0.25) is 0 Å². The van der Waals surface area contributed by atoms with Crippen LogP contribution in [-0.2, 0) is 11.2 Å². The van der Waals surface area contributed by atoms with Crippen molar-refractivity contribution in [2.24, 2.45) is 0 Å². The van der Waals surface area contributed by atoms with Gasteiger partial charge in [-0.1, -0.05) is 38.0 Å². The minimum Gasteiger partial charge on any atom is -0.356 e. The van der Waals surface area contributed by atoms with Gasteiger partial charge in [0.05, 0.1) is 6.04 Å². The van der Waals surface area contributed by atoms with Gasteiger partial charge in [-0.3, -0.25) is 4.79 Å². The molecule has 3 nitrogen and oxygen atoms in total. The number of unbranched alkanes of at least 4 members (excludes halogenated alkanes) is 1. The molecule has 2 aromatic rings. The van der Waals surface area contributed by atoms with Crippen LogP contribution in [0.3, 0.4) is 0 Å². The molecule has 22 heavy (non-hydrogen) atoms. The van der Waals surface area contributed by atoms with Crippen molar-refractivity contribution in [3.63, 3.8) is 0 Å². The first-order chi connectivity index (χ1) is 10.7. The van der Waals surface area contributed by atoms with Gasteiger partial charge in [-0.05, 0) is 37.3 Å². The van der Waals surface area contributed by atoms with E-state index < -0.39 is 0 Å². The van der Waals surface area contributed by atoms with E-state index in [1.165, 1.54) is 10.9 Å². The van der Waals surface area contributed by atoms with E-state index in [2.05, 4.69) is 43.0 Å². The van der Waals surface area contributed by atoms with E-state index in [9.17, 15) is 4.79 Å². The van der Waals surface area contributed by atoms with E-state index in [1.807, 2.05) is 11.0 Å². The van der Waals surface area contributed by atoms with Crippen LogP contribution in [0.25, 0.3) is 10.9 Å². The van der Waals surface area contributed by atoms with Gasteiger partial charge >= 0.3 is 0 Å². The van der Waals surface area contributed by atoms with E-state index in [1.54, 1.807) is 0 Å². The van der Waals surface area contributed by atoms with E-state index in [-0.39, 0.29) is 18.0 Å². The fourth-order valence-corrected chi connectivity index (χ4v) is 3.68. The second-order valence-electron chi connectivity index (χ2n) is 6.10. The molecule has 2 atom stereocenters. The van der Waals surface area contributed by atoms with Crippen molar-refractivity contribution in [3.8, 4) is 12.3 Å². The van der Waals surface area contributed by atoms with Gasteiger partial charge in [0.1, 0.15) is 0 Å².